The van der Waals surface area contributed by atoms with Crippen molar-refractivity contribution in [3.05, 3.63) is 12.4 Å². The molecular formula is C13H20N4O2. The molecule has 19 heavy (non-hydrogen) atoms. The monoisotopic (exact) mass is 264 g/mol. The van der Waals surface area contributed by atoms with Gasteiger partial charge in [0.15, 0.2) is 0 Å². The first-order chi connectivity index (χ1) is 9.20. The predicted molar refractivity (Wildman–Crippen MR) is 72.3 cm³/mol. The van der Waals surface area contributed by atoms with E-state index in [4.69, 9.17) is 4.74 Å². The smallest absolute Gasteiger partial charge is 0.222 e. The van der Waals surface area contributed by atoms with E-state index < -0.39 is 0 Å². The molecule has 1 saturated heterocycles. The lowest BCUT2D eigenvalue weighted by Crippen LogP contribution is -2.34. The van der Waals surface area contributed by atoms with Gasteiger partial charge in [-0.1, -0.05) is 0 Å². The van der Waals surface area contributed by atoms with E-state index in [2.05, 4.69) is 9.97 Å². The van der Waals surface area contributed by atoms with Crippen molar-refractivity contribution in [1.82, 2.24) is 14.9 Å². The van der Waals surface area contributed by atoms with Gasteiger partial charge in [-0.2, -0.15) is 0 Å². The summed E-state index contributed by atoms with van der Waals surface area (Å²) in [6.45, 7) is 4.88. The van der Waals surface area contributed by atoms with Crippen LogP contribution < -0.4 is 9.64 Å². The average Bonchev–Trinajstić information content (AvgIpc) is 2.82. The Kier molecular flexibility index (Phi) is 4.54. The molecule has 2 rings (SSSR count). The fraction of sp³-hybridized carbons (Fsp3) is 0.615. The van der Waals surface area contributed by atoms with Crippen LogP contribution in [-0.2, 0) is 4.79 Å². The number of nitrogens with zero attached hydrogens (tertiary/aromatic N) is 4. The highest BCUT2D eigenvalue weighted by Crippen LogP contribution is 2.15. The van der Waals surface area contributed by atoms with Crippen LogP contribution in [0.5, 0.6) is 5.88 Å². The third-order valence-corrected chi connectivity index (χ3v) is 3.19. The molecule has 0 aromatic carbocycles. The number of rotatable bonds is 6. The summed E-state index contributed by atoms with van der Waals surface area (Å²) in [7, 11) is 1.96. The summed E-state index contributed by atoms with van der Waals surface area (Å²) < 4.78 is 5.35. The Morgan fingerprint density at radius 1 is 1.47 bits per heavy atom. The van der Waals surface area contributed by atoms with Crippen molar-refractivity contribution in [3.8, 4) is 5.88 Å². The molecule has 1 fully saturated rings. The highest BCUT2D eigenvalue weighted by Gasteiger charge is 2.20. The molecule has 6 nitrogen and oxygen atoms in total. The van der Waals surface area contributed by atoms with Gasteiger partial charge in [-0.25, -0.2) is 9.97 Å². The molecular weight excluding hydrogens is 244 g/mol. The highest BCUT2D eigenvalue weighted by molar-refractivity contribution is 5.78. The van der Waals surface area contributed by atoms with Gasteiger partial charge in [0.2, 0.25) is 11.8 Å². The van der Waals surface area contributed by atoms with Crippen LogP contribution >= 0.6 is 0 Å². The molecule has 1 amide bonds. The lowest BCUT2D eigenvalue weighted by atomic mass is 10.4. The first kappa shape index (κ1) is 13.6. The standard InChI is InChI=1S/C13H20N4O2/c1-3-19-12-9-11(14-10-15-12)16(2)7-8-17-6-4-5-13(17)18/h9-10H,3-8H2,1-2H3. The fourth-order valence-corrected chi connectivity index (χ4v) is 2.09. The molecule has 1 aliphatic heterocycles. The second-order valence-corrected chi connectivity index (χ2v) is 4.55. The zero-order valence-electron chi connectivity index (χ0n) is 11.5. The first-order valence-corrected chi connectivity index (χ1v) is 6.64. The summed E-state index contributed by atoms with van der Waals surface area (Å²) in [6.07, 6.45) is 3.16. The quantitative estimate of drug-likeness (QED) is 0.765. The van der Waals surface area contributed by atoms with Gasteiger partial charge in [-0.3, -0.25) is 4.79 Å². The summed E-state index contributed by atoms with van der Waals surface area (Å²) in [5.41, 5.74) is 0. The minimum absolute atomic E-state index is 0.256. The SMILES string of the molecule is CCOc1cc(N(C)CCN2CCCC2=O)ncn1. The first-order valence-electron chi connectivity index (χ1n) is 6.64. The number of carbonyl (C=O) groups is 1. The number of hydrogen-bond acceptors (Lipinski definition) is 5. The lowest BCUT2D eigenvalue weighted by Gasteiger charge is -2.22. The van der Waals surface area contributed by atoms with E-state index in [-0.39, 0.29) is 5.91 Å². The Hall–Kier alpha value is -1.85. The fourth-order valence-electron chi connectivity index (χ4n) is 2.09. The maximum Gasteiger partial charge on any atom is 0.222 e. The summed E-state index contributed by atoms with van der Waals surface area (Å²) >= 11 is 0. The highest BCUT2D eigenvalue weighted by atomic mass is 16.5. The molecule has 0 saturated carbocycles. The second-order valence-electron chi connectivity index (χ2n) is 4.55. The van der Waals surface area contributed by atoms with Gasteiger partial charge in [0.05, 0.1) is 6.61 Å². The molecule has 0 aliphatic carbocycles. The molecule has 1 aromatic rings. The van der Waals surface area contributed by atoms with Gasteiger partial charge >= 0.3 is 0 Å². The normalized spacial score (nSPS) is 14.8. The number of ether oxygens (including phenoxy) is 1. The Labute approximate surface area is 113 Å². The van der Waals surface area contributed by atoms with Crippen molar-refractivity contribution in [2.24, 2.45) is 0 Å². The second kappa shape index (κ2) is 6.36. The zero-order chi connectivity index (χ0) is 13.7. The maximum atomic E-state index is 11.5. The third kappa shape index (κ3) is 3.56. The Balaban J connectivity index is 1.90. The zero-order valence-corrected chi connectivity index (χ0v) is 11.5. The summed E-state index contributed by atoms with van der Waals surface area (Å²) in [5, 5.41) is 0. The minimum atomic E-state index is 0.256. The summed E-state index contributed by atoms with van der Waals surface area (Å²) in [6, 6.07) is 1.81. The molecule has 1 aliphatic rings. The number of hydrogen-bond donors (Lipinski definition) is 0. The molecule has 0 radical (unpaired) electrons. The Bertz CT molecular complexity index is 438. The molecule has 2 heterocycles. The van der Waals surface area contributed by atoms with Gasteiger partial charge < -0.3 is 14.5 Å². The van der Waals surface area contributed by atoms with Crippen LogP contribution in [-0.4, -0.2) is 54.1 Å². The van der Waals surface area contributed by atoms with Crippen molar-refractivity contribution in [2.45, 2.75) is 19.8 Å². The van der Waals surface area contributed by atoms with Crippen molar-refractivity contribution >= 4 is 11.7 Å². The molecule has 6 heteroatoms. The number of amides is 1. The topological polar surface area (TPSA) is 58.6 Å². The third-order valence-electron chi connectivity index (χ3n) is 3.19. The van der Waals surface area contributed by atoms with E-state index in [0.717, 1.165) is 31.9 Å². The molecule has 104 valence electrons. The van der Waals surface area contributed by atoms with Gasteiger partial charge in [0.25, 0.3) is 0 Å². The van der Waals surface area contributed by atoms with Crippen LogP contribution in [0.3, 0.4) is 0 Å². The van der Waals surface area contributed by atoms with E-state index in [9.17, 15) is 4.79 Å². The number of likely N-dealkylation sites (tertiary alicyclic amines) is 1. The molecule has 0 N–H and O–H groups in total. The van der Waals surface area contributed by atoms with E-state index in [1.807, 2.05) is 29.8 Å². The summed E-state index contributed by atoms with van der Waals surface area (Å²) in [5.74, 6) is 1.65. The molecule has 0 unspecified atom stereocenters. The van der Waals surface area contributed by atoms with E-state index in [0.29, 0.717) is 18.9 Å². The van der Waals surface area contributed by atoms with Gasteiger partial charge in [-0.15, -0.1) is 0 Å². The number of likely N-dealkylation sites (N-methyl/N-ethyl adjacent to an activating group) is 1. The van der Waals surface area contributed by atoms with Crippen LogP contribution in [0, 0.1) is 0 Å². The minimum Gasteiger partial charge on any atom is -0.478 e. The van der Waals surface area contributed by atoms with Gasteiger partial charge in [0, 0.05) is 39.2 Å². The summed E-state index contributed by atoms with van der Waals surface area (Å²) in [4.78, 5) is 23.7. The number of anilines is 1. The molecule has 0 atom stereocenters. The maximum absolute atomic E-state index is 11.5. The van der Waals surface area contributed by atoms with Crippen LogP contribution in [0.15, 0.2) is 12.4 Å². The van der Waals surface area contributed by atoms with Crippen molar-refractivity contribution in [1.29, 1.82) is 0 Å². The van der Waals surface area contributed by atoms with Crippen LogP contribution in [0.1, 0.15) is 19.8 Å². The lowest BCUT2D eigenvalue weighted by molar-refractivity contribution is -0.127. The van der Waals surface area contributed by atoms with E-state index in [1.54, 1.807) is 0 Å². The van der Waals surface area contributed by atoms with Crippen molar-refractivity contribution in [2.75, 3.05) is 38.2 Å². The van der Waals surface area contributed by atoms with Crippen LogP contribution in [0.4, 0.5) is 5.82 Å². The Morgan fingerprint density at radius 2 is 2.32 bits per heavy atom. The predicted octanol–water partition coefficient (Wildman–Crippen LogP) is 0.934. The molecule has 1 aromatic heterocycles. The van der Waals surface area contributed by atoms with Gasteiger partial charge in [-0.05, 0) is 13.3 Å². The van der Waals surface area contributed by atoms with Crippen molar-refractivity contribution < 1.29 is 9.53 Å². The largest absolute Gasteiger partial charge is 0.478 e. The molecule has 0 spiro atoms. The van der Waals surface area contributed by atoms with Gasteiger partial charge in [0.1, 0.15) is 12.1 Å². The van der Waals surface area contributed by atoms with Crippen molar-refractivity contribution in [3.63, 3.8) is 0 Å². The van der Waals surface area contributed by atoms with E-state index >= 15 is 0 Å². The van der Waals surface area contributed by atoms with Crippen LogP contribution in [0.2, 0.25) is 0 Å². The number of aromatic nitrogens is 2. The Morgan fingerprint density at radius 3 is 3.00 bits per heavy atom. The van der Waals surface area contributed by atoms with Crippen LogP contribution in [0.25, 0.3) is 0 Å². The average molecular weight is 264 g/mol. The van der Waals surface area contributed by atoms with E-state index in [1.165, 1.54) is 6.33 Å². The number of carbonyl (C=O) groups excluding carboxylic acids is 1. The molecule has 0 bridgehead atoms.